The Kier molecular flexibility index (Phi) is 42.5. The van der Waals surface area contributed by atoms with Crippen molar-refractivity contribution >= 4 is 83.6 Å². The summed E-state index contributed by atoms with van der Waals surface area (Å²) in [6.07, 6.45) is 18.7. The molecule has 796 valence electrons. The molecule has 0 bridgehead atoms. The Morgan fingerprint density at radius 2 is 0.239 bits per heavy atom. The lowest BCUT2D eigenvalue weighted by Crippen LogP contribution is -2.61. The molecule has 3 aliphatic carbocycles. The SMILES string of the molecule is O=C(OCCC1CO1)C1C(C(=O)OCCC2CO2)C(C(=O)OCCC2CO2)C(C(=O)OCCC2CO2)C(C(=O)OCCC2CO2)C1C(=O)OCCC1CO1.O=C(OCCCC1CO1)C1CC(C(=O)OCCCC2CO2)C(C(=O)OCCCC2CO2)CC1C(=O)OCCCC1CO1.O=C(OCCCCC1CO1)C1CC(C(=O)OCCCCC2CO2)C(C(=O)OCCCCC2CO2)CC1C(=O)OCCCCC1CO1. The van der Waals surface area contributed by atoms with Crippen LogP contribution in [-0.4, -0.2) is 354 Å². The summed E-state index contributed by atoms with van der Waals surface area (Å²) in [5.74, 6) is -29.3. The summed E-state index contributed by atoms with van der Waals surface area (Å²) in [5.41, 5.74) is 0. The molecule has 17 fully saturated rings. The third-order valence-electron chi connectivity index (χ3n) is 28.4. The van der Waals surface area contributed by atoms with Gasteiger partial charge in [-0.3, -0.25) is 67.1 Å². The molecule has 0 aromatic heterocycles. The van der Waals surface area contributed by atoms with Gasteiger partial charge in [-0.2, -0.15) is 0 Å². The maximum Gasteiger partial charge on any atom is 0.310 e. The zero-order valence-corrected chi connectivity index (χ0v) is 81.3. The van der Waals surface area contributed by atoms with Crippen molar-refractivity contribution in [1.82, 2.24) is 0 Å². The van der Waals surface area contributed by atoms with Crippen molar-refractivity contribution < 1.29 is 200 Å². The van der Waals surface area contributed by atoms with E-state index in [0.717, 1.165) is 130 Å². The van der Waals surface area contributed by atoms with Gasteiger partial charge in [0.1, 0.15) is 0 Å². The summed E-state index contributed by atoms with van der Waals surface area (Å²) in [4.78, 5) is 193. The minimum atomic E-state index is -1.84. The smallest absolute Gasteiger partial charge is 0.310 e. The molecule has 22 atom stereocenters. The molecule has 17 aliphatic rings. The molecule has 22 unspecified atom stereocenters. The Bertz CT molecular complexity index is 3490. The Balaban J connectivity index is 0.000000162. The van der Waals surface area contributed by atoms with Gasteiger partial charge in [0, 0.05) is 38.5 Å². The van der Waals surface area contributed by atoms with E-state index in [4.69, 9.17) is 133 Å². The fraction of sp³-hybridized carbons (Fsp3) is 0.860. The molecule has 17 rings (SSSR count). The van der Waals surface area contributed by atoms with Crippen LogP contribution in [0, 0.1) is 82.9 Å². The van der Waals surface area contributed by atoms with Gasteiger partial charge < -0.3 is 133 Å². The summed E-state index contributed by atoms with van der Waals surface area (Å²) in [6.45, 7) is 9.62. The molecule has 14 aliphatic heterocycles. The van der Waals surface area contributed by atoms with E-state index in [-0.39, 0.29) is 179 Å². The number of carbonyl (C=O) groups excluding carboxylic acids is 14. The quantitative estimate of drug-likeness (QED) is 0.0313. The van der Waals surface area contributed by atoms with Crippen molar-refractivity contribution in [3.8, 4) is 0 Å². The first-order valence-corrected chi connectivity index (χ1v) is 52.2. The van der Waals surface area contributed by atoms with Gasteiger partial charge in [0.25, 0.3) is 0 Å². The molecule has 142 heavy (non-hydrogen) atoms. The van der Waals surface area contributed by atoms with Crippen LogP contribution in [0.15, 0.2) is 0 Å². The molecule has 0 aromatic rings. The van der Waals surface area contributed by atoms with Crippen LogP contribution in [-0.2, 0) is 200 Å². The van der Waals surface area contributed by atoms with E-state index in [1.807, 2.05) is 0 Å². The number of unbranched alkanes of at least 4 members (excludes halogenated alkanes) is 4. The monoisotopic (exact) mass is 2020 g/mol. The number of hydrogen-bond acceptors (Lipinski definition) is 42. The van der Waals surface area contributed by atoms with E-state index in [9.17, 15) is 67.1 Å². The highest BCUT2D eigenvalue weighted by molar-refractivity contribution is 5.99. The van der Waals surface area contributed by atoms with Gasteiger partial charge in [0.05, 0.1) is 353 Å². The molecule has 0 spiro atoms. The zero-order valence-electron chi connectivity index (χ0n) is 81.3. The van der Waals surface area contributed by atoms with Crippen molar-refractivity contribution in [2.75, 3.05) is 185 Å². The molecule has 3 saturated carbocycles. The van der Waals surface area contributed by atoms with Crippen LogP contribution in [0.4, 0.5) is 0 Å². The minimum Gasteiger partial charge on any atom is -0.465 e. The Labute approximate surface area is 825 Å². The van der Waals surface area contributed by atoms with Crippen LogP contribution in [0.5, 0.6) is 0 Å². The lowest BCUT2D eigenvalue weighted by molar-refractivity contribution is -0.200. The van der Waals surface area contributed by atoms with E-state index in [2.05, 4.69) is 0 Å². The third kappa shape index (κ3) is 38.7. The van der Waals surface area contributed by atoms with Crippen molar-refractivity contribution in [2.45, 2.75) is 278 Å². The van der Waals surface area contributed by atoms with Crippen LogP contribution < -0.4 is 0 Å². The number of rotatable bonds is 68. The number of carbonyl (C=O) groups is 14. The van der Waals surface area contributed by atoms with Crippen molar-refractivity contribution in [3.05, 3.63) is 0 Å². The van der Waals surface area contributed by atoms with Gasteiger partial charge in [-0.25, -0.2) is 0 Å². The minimum absolute atomic E-state index is 0.0406. The fourth-order valence-corrected chi connectivity index (χ4v) is 18.6. The highest BCUT2D eigenvalue weighted by Gasteiger charge is 2.67. The summed E-state index contributed by atoms with van der Waals surface area (Å²) < 4.78 is 152. The van der Waals surface area contributed by atoms with Crippen LogP contribution in [0.1, 0.15) is 193 Å². The Morgan fingerprint density at radius 1 is 0.134 bits per heavy atom. The molecule has 0 aromatic carbocycles. The van der Waals surface area contributed by atoms with Gasteiger partial charge in [0.2, 0.25) is 0 Å². The number of ether oxygens (including phenoxy) is 28. The van der Waals surface area contributed by atoms with E-state index in [1.54, 1.807) is 0 Å². The van der Waals surface area contributed by atoms with Crippen LogP contribution in [0.3, 0.4) is 0 Å². The zero-order chi connectivity index (χ0) is 99.1. The Hall–Kier alpha value is -7.98. The first-order chi connectivity index (χ1) is 69.2. The third-order valence-corrected chi connectivity index (χ3v) is 28.4. The molecule has 14 heterocycles. The average Bonchev–Trinajstić information content (AvgIpc) is 1.70. The Morgan fingerprint density at radius 3 is 0.366 bits per heavy atom. The second-order valence-corrected chi connectivity index (χ2v) is 40.0. The van der Waals surface area contributed by atoms with Crippen LogP contribution in [0.2, 0.25) is 0 Å². The molecular weight excluding hydrogens is 1870 g/mol. The standard InChI is InChI=1S/C36H48O18.C34H52O12.C30H44O12/c37-31(43-7-1-19-13-49-19)25-26(32(38)44-8-2-20-14-50-20)28(34(40)46-10-4-22-16-52-22)30(36(42)48-12-6-24-18-54-24)29(35(41)47-11-5-23-17-53-23)27(25)33(39)45-9-3-21-15-51-21;35-31(39-13-5-1-9-23-19-43-23)27-17-29(33(37)41-15-7-3-11-25-21-45-25)30(34(38)42-16-8-4-12-26-22-46-26)18-28(27)32(36)40-14-6-2-10-24-20-44-24;31-27(35-9-1-5-19-15-39-19)23-13-25(29(33)37-11-3-7-21-17-41-21)26(30(34)38-12-4-8-22-18-42-22)14-24(23)28(32)36-10-2-6-20-16-40-20/h19-30H,1-18H2;23-30H,1-22H2;19-26H,1-18H2. The predicted octanol–water partition coefficient (Wildman–Crippen LogP) is 5.52. The number of epoxide rings is 14. The molecule has 42 nitrogen and oxygen atoms in total. The largest absolute Gasteiger partial charge is 0.465 e. The summed E-state index contributed by atoms with van der Waals surface area (Å²) in [7, 11) is 0. The first-order valence-electron chi connectivity index (χ1n) is 52.2. The normalized spacial score (nSPS) is 32.8. The second-order valence-electron chi connectivity index (χ2n) is 40.0. The van der Waals surface area contributed by atoms with Gasteiger partial charge in [0.15, 0.2) is 0 Å². The topological polar surface area (TPSA) is 544 Å². The predicted molar refractivity (Wildman–Crippen MR) is 477 cm³/mol. The number of hydrogen-bond donors (Lipinski definition) is 0. The van der Waals surface area contributed by atoms with Crippen LogP contribution >= 0.6 is 0 Å². The molecule has 0 amide bonds. The van der Waals surface area contributed by atoms with Crippen molar-refractivity contribution in [3.63, 3.8) is 0 Å². The fourth-order valence-electron chi connectivity index (χ4n) is 18.6. The molecule has 0 radical (unpaired) electrons. The van der Waals surface area contributed by atoms with Gasteiger partial charge in [-0.1, -0.05) is 0 Å². The average molecular weight is 2020 g/mol. The van der Waals surface area contributed by atoms with Gasteiger partial charge in [-0.05, 0) is 154 Å². The van der Waals surface area contributed by atoms with Gasteiger partial charge >= 0.3 is 83.6 Å². The number of esters is 14. The first kappa shape index (κ1) is 108. The molecule has 0 N–H and O–H groups in total. The van der Waals surface area contributed by atoms with E-state index < -0.39 is 166 Å². The summed E-state index contributed by atoms with van der Waals surface area (Å²) >= 11 is 0. The van der Waals surface area contributed by atoms with Crippen LogP contribution in [0.25, 0.3) is 0 Å². The highest BCUT2D eigenvalue weighted by atomic mass is 16.6. The van der Waals surface area contributed by atoms with Gasteiger partial charge in [-0.15, -0.1) is 0 Å². The van der Waals surface area contributed by atoms with E-state index in [0.29, 0.717) is 154 Å². The summed E-state index contributed by atoms with van der Waals surface area (Å²) in [5, 5.41) is 0. The second kappa shape index (κ2) is 55.7. The van der Waals surface area contributed by atoms with Crippen molar-refractivity contribution in [2.24, 2.45) is 82.9 Å². The summed E-state index contributed by atoms with van der Waals surface area (Å²) in [6, 6.07) is 0. The van der Waals surface area contributed by atoms with E-state index >= 15 is 0 Å². The maximum atomic E-state index is 14.3. The lowest BCUT2D eigenvalue weighted by atomic mass is 9.56. The highest BCUT2D eigenvalue weighted by Crippen LogP contribution is 2.51. The van der Waals surface area contributed by atoms with E-state index in [1.165, 1.54) is 0 Å². The molecule has 42 heteroatoms. The lowest BCUT2D eigenvalue weighted by Gasteiger charge is -2.45. The molecule has 14 saturated heterocycles. The maximum absolute atomic E-state index is 14.3. The van der Waals surface area contributed by atoms with Crippen molar-refractivity contribution in [1.29, 1.82) is 0 Å². The molecular formula is C100H144O42.